The lowest BCUT2D eigenvalue weighted by Gasteiger charge is -2.32. The molecule has 1 fully saturated rings. The molecule has 1 aromatic rings. The molecule has 0 radical (unpaired) electrons. The van der Waals surface area contributed by atoms with E-state index in [0.717, 1.165) is 36.2 Å². The van der Waals surface area contributed by atoms with Crippen LogP contribution < -0.4 is 5.73 Å². The Morgan fingerprint density at radius 2 is 2.33 bits per heavy atom. The third-order valence-corrected chi connectivity index (χ3v) is 3.66. The molecule has 0 amide bonds. The Morgan fingerprint density at radius 1 is 1.53 bits per heavy atom. The number of nitrogens with one attached hydrogen (secondary N) is 1. The minimum Gasteiger partial charge on any atom is -0.394 e. The largest absolute Gasteiger partial charge is 0.394 e. The van der Waals surface area contributed by atoms with Crippen molar-refractivity contribution in [1.29, 1.82) is 0 Å². The monoisotopic (exact) mass is 207 g/mol. The van der Waals surface area contributed by atoms with Gasteiger partial charge in [0, 0.05) is 17.2 Å². The first-order chi connectivity index (χ1) is 7.24. The molecule has 0 bridgehead atoms. The summed E-state index contributed by atoms with van der Waals surface area (Å²) in [6.45, 7) is 0.0270. The number of hydrogen-bond donors (Lipinski definition) is 3. The van der Waals surface area contributed by atoms with Crippen molar-refractivity contribution in [1.82, 2.24) is 10.2 Å². The Labute approximate surface area is 88.9 Å². The average Bonchev–Trinajstić information content (AvgIpc) is 2.99. The van der Waals surface area contributed by atoms with Crippen LogP contribution in [-0.2, 0) is 12.0 Å². The molecule has 0 aliphatic heterocycles. The van der Waals surface area contributed by atoms with Gasteiger partial charge < -0.3 is 10.8 Å². The third kappa shape index (κ3) is 1.32. The summed E-state index contributed by atoms with van der Waals surface area (Å²) in [5, 5.41) is 17.0. The van der Waals surface area contributed by atoms with Crippen molar-refractivity contribution in [2.24, 2.45) is 5.73 Å². The van der Waals surface area contributed by atoms with Crippen LogP contribution in [0.4, 0.5) is 0 Å². The van der Waals surface area contributed by atoms with Crippen LogP contribution in [0.1, 0.15) is 48.6 Å². The first-order valence-corrected chi connectivity index (χ1v) is 5.72. The highest BCUT2D eigenvalue weighted by Crippen LogP contribution is 2.45. The van der Waals surface area contributed by atoms with Crippen molar-refractivity contribution in [3.05, 3.63) is 17.0 Å². The molecule has 4 N–H and O–H groups in total. The maximum atomic E-state index is 9.48. The molecule has 2 aliphatic rings. The second-order valence-electron chi connectivity index (χ2n) is 4.90. The van der Waals surface area contributed by atoms with Gasteiger partial charge in [-0.25, -0.2) is 0 Å². The van der Waals surface area contributed by atoms with E-state index in [2.05, 4.69) is 10.2 Å². The van der Waals surface area contributed by atoms with Crippen LogP contribution in [0.3, 0.4) is 0 Å². The summed E-state index contributed by atoms with van der Waals surface area (Å²) in [4.78, 5) is 0. The van der Waals surface area contributed by atoms with Crippen LogP contribution >= 0.6 is 0 Å². The Hall–Kier alpha value is -0.870. The van der Waals surface area contributed by atoms with E-state index in [1.165, 1.54) is 12.8 Å². The predicted octanol–water partition coefficient (Wildman–Crippen LogP) is 0.770. The molecule has 4 heteroatoms. The zero-order valence-corrected chi connectivity index (χ0v) is 8.79. The molecule has 4 nitrogen and oxygen atoms in total. The number of nitrogens with zero attached hydrogens (tertiary/aromatic N) is 1. The zero-order valence-electron chi connectivity index (χ0n) is 8.79. The molecule has 15 heavy (non-hydrogen) atoms. The van der Waals surface area contributed by atoms with E-state index >= 15 is 0 Å². The van der Waals surface area contributed by atoms with Gasteiger partial charge in [-0.15, -0.1) is 0 Å². The maximum Gasteiger partial charge on any atom is 0.0707 e. The molecular formula is C11H17N3O. The van der Waals surface area contributed by atoms with Gasteiger partial charge in [-0.1, -0.05) is 0 Å². The summed E-state index contributed by atoms with van der Waals surface area (Å²) in [6.07, 6.45) is 5.37. The number of nitrogens with two attached hydrogens (primary N) is 1. The molecule has 2 aliphatic carbocycles. The molecule has 3 rings (SSSR count). The van der Waals surface area contributed by atoms with Gasteiger partial charge in [0.15, 0.2) is 0 Å². The van der Waals surface area contributed by atoms with Crippen LogP contribution in [0, 0.1) is 0 Å². The molecule has 1 heterocycles. The number of aliphatic hydroxyl groups is 1. The van der Waals surface area contributed by atoms with Gasteiger partial charge in [-0.05, 0) is 32.1 Å². The fraction of sp³-hybridized carbons (Fsp3) is 0.727. The Morgan fingerprint density at radius 3 is 3.00 bits per heavy atom. The molecule has 82 valence electrons. The summed E-state index contributed by atoms with van der Waals surface area (Å²) in [7, 11) is 0. The Bertz CT molecular complexity index is 383. The van der Waals surface area contributed by atoms with Gasteiger partial charge in [0.25, 0.3) is 0 Å². The lowest BCUT2D eigenvalue weighted by atomic mass is 9.79. The average molecular weight is 207 g/mol. The predicted molar refractivity (Wildman–Crippen MR) is 56.5 cm³/mol. The summed E-state index contributed by atoms with van der Waals surface area (Å²) in [5.41, 5.74) is 9.13. The second kappa shape index (κ2) is 3.06. The lowest BCUT2D eigenvalue weighted by Crippen LogP contribution is -2.43. The number of aromatic amines is 1. The normalized spacial score (nSPS) is 30.3. The smallest absolute Gasteiger partial charge is 0.0707 e. The highest BCUT2D eigenvalue weighted by Gasteiger charge is 2.40. The number of aryl methyl sites for hydroxylation is 1. The number of aliphatic hydroxyl groups excluding tert-OH is 1. The summed E-state index contributed by atoms with van der Waals surface area (Å²) in [6, 6.07) is 0. The number of fused-ring (bicyclic) bond motifs is 1. The lowest BCUT2D eigenvalue weighted by molar-refractivity contribution is 0.178. The first kappa shape index (κ1) is 9.36. The minimum atomic E-state index is -0.543. The highest BCUT2D eigenvalue weighted by molar-refractivity contribution is 5.39. The molecule has 0 aromatic carbocycles. The van der Waals surface area contributed by atoms with Crippen LogP contribution in [0.5, 0.6) is 0 Å². The van der Waals surface area contributed by atoms with Crippen LogP contribution in [0.25, 0.3) is 0 Å². The van der Waals surface area contributed by atoms with Crippen molar-refractivity contribution in [2.75, 3.05) is 6.61 Å². The third-order valence-electron chi connectivity index (χ3n) is 3.66. The van der Waals surface area contributed by atoms with E-state index in [-0.39, 0.29) is 6.61 Å². The van der Waals surface area contributed by atoms with Crippen molar-refractivity contribution < 1.29 is 5.11 Å². The van der Waals surface area contributed by atoms with Crippen molar-refractivity contribution in [3.63, 3.8) is 0 Å². The Balaban J connectivity index is 2.10. The molecule has 1 unspecified atom stereocenters. The van der Waals surface area contributed by atoms with E-state index in [4.69, 9.17) is 5.73 Å². The van der Waals surface area contributed by atoms with Crippen molar-refractivity contribution in [3.8, 4) is 0 Å². The number of rotatable bonds is 2. The van der Waals surface area contributed by atoms with Crippen molar-refractivity contribution in [2.45, 2.75) is 43.6 Å². The molecule has 0 spiro atoms. The van der Waals surface area contributed by atoms with Gasteiger partial charge in [0.05, 0.1) is 17.8 Å². The number of aromatic nitrogens is 2. The first-order valence-electron chi connectivity index (χ1n) is 5.72. The van der Waals surface area contributed by atoms with Crippen molar-refractivity contribution >= 4 is 0 Å². The molecule has 1 saturated carbocycles. The van der Waals surface area contributed by atoms with Gasteiger partial charge in [0.1, 0.15) is 0 Å². The second-order valence-corrected chi connectivity index (χ2v) is 4.90. The summed E-state index contributed by atoms with van der Waals surface area (Å²) < 4.78 is 0. The quantitative estimate of drug-likeness (QED) is 0.670. The van der Waals surface area contributed by atoms with Gasteiger partial charge in [0.2, 0.25) is 0 Å². The molecule has 0 saturated heterocycles. The standard InChI is InChI=1S/C11H17N3O/c12-11(6-15)5-1-2-8-9(11)10(14-13-8)7-3-4-7/h7,15H,1-6,12H2,(H,13,14). The van der Waals surface area contributed by atoms with E-state index < -0.39 is 5.54 Å². The van der Waals surface area contributed by atoms with Gasteiger partial charge >= 0.3 is 0 Å². The molecular weight excluding hydrogens is 190 g/mol. The van der Waals surface area contributed by atoms with E-state index in [0.29, 0.717) is 5.92 Å². The maximum absolute atomic E-state index is 9.48. The van der Waals surface area contributed by atoms with E-state index in [1.807, 2.05) is 0 Å². The van der Waals surface area contributed by atoms with Crippen LogP contribution in [0.2, 0.25) is 0 Å². The van der Waals surface area contributed by atoms with E-state index in [9.17, 15) is 5.11 Å². The number of hydrogen-bond acceptors (Lipinski definition) is 3. The number of H-pyrrole nitrogens is 1. The fourth-order valence-corrected chi connectivity index (χ4v) is 2.65. The van der Waals surface area contributed by atoms with Crippen LogP contribution in [0.15, 0.2) is 0 Å². The SMILES string of the molecule is NC1(CO)CCCc2[nH]nc(C3CC3)c21. The van der Waals surface area contributed by atoms with Gasteiger partial charge in [-0.2, -0.15) is 5.10 Å². The molecule has 1 aromatic heterocycles. The fourth-order valence-electron chi connectivity index (χ4n) is 2.65. The molecule has 1 atom stereocenters. The summed E-state index contributed by atoms with van der Waals surface area (Å²) >= 11 is 0. The topological polar surface area (TPSA) is 74.9 Å². The van der Waals surface area contributed by atoms with Gasteiger partial charge in [-0.3, -0.25) is 5.10 Å². The van der Waals surface area contributed by atoms with Crippen LogP contribution in [-0.4, -0.2) is 21.9 Å². The summed E-state index contributed by atoms with van der Waals surface area (Å²) in [5.74, 6) is 0.595. The Kier molecular flexibility index (Phi) is 1.91. The zero-order chi connectivity index (χ0) is 10.5. The highest BCUT2D eigenvalue weighted by atomic mass is 16.3. The minimum absolute atomic E-state index is 0.0270. The van der Waals surface area contributed by atoms with E-state index in [1.54, 1.807) is 0 Å².